The Labute approximate surface area is 157 Å². The lowest BCUT2D eigenvalue weighted by atomic mass is 9.97. The number of hydrogen-bond donors (Lipinski definition) is 1. The Hall–Kier alpha value is -0.570. The van der Waals surface area contributed by atoms with Crippen molar-refractivity contribution in [2.24, 2.45) is 0 Å². The zero-order valence-corrected chi connectivity index (χ0v) is 17.0. The Morgan fingerprint density at radius 3 is 1.48 bits per heavy atom. The maximum absolute atomic E-state index is 10.2. The quantitative estimate of drug-likeness (QED) is 0.456. The molecule has 0 bridgehead atoms. The number of unbranched alkanes of at least 4 members (excludes halogenated alkanes) is 12. The fourth-order valence-electron chi connectivity index (χ4n) is 3.47. The third kappa shape index (κ3) is 21.4. The van der Waals surface area contributed by atoms with E-state index in [9.17, 15) is 9.90 Å². The first kappa shape index (κ1) is 24.4. The lowest BCUT2D eigenvalue weighted by molar-refractivity contribution is -0.425. The molecule has 0 atom stereocenters. The normalized spacial score (nSPS) is 14.8. The van der Waals surface area contributed by atoms with Gasteiger partial charge in [-0.05, 0) is 38.5 Å². The molecule has 0 heterocycles. The predicted octanol–water partition coefficient (Wildman–Crippen LogP) is 4.78. The second-order valence-corrected chi connectivity index (χ2v) is 7.87. The Kier molecular flexibility index (Phi) is 19.3. The van der Waals surface area contributed by atoms with Gasteiger partial charge in [0.1, 0.15) is 0 Å². The van der Waals surface area contributed by atoms with Gasteiger partial charge in [-0.25, -0.2) is 0 Å². The highest BCUT2D eigenvalue weighted by atomic mass is 16.4. The zero-order valence-electron chi connectivity index (χ0n) is 17.0. The number of carbonyl (C=O) groups is 1. The van der Waals surface area contributed by atoms with Crippen molar-refractivity contribution < 1.29 is 15.6 Å². The molecule has 0 saturated heterocycles. The molecule has 0 unspecified atom stereocenters. The van der Waals surface area contributed by atoms with Crippen LogP contribution in [0, 0.1) is 0 Å². The number of rotatable bonds is 14. The van der Waals surface area contributed by atoms with E-state index >= 15 is 0 Å². The van der Waals surface area contributed by atoms with Crippen molar-refractivity contribution in [2.45, 2.75) is 135 Å². The fraction of sp³-hybridized carbons (Fsp3) is 0.955. The van der Waals surface area contributed by atoms with Crippen molar-refractivity contribution in [1.82, 2.24) is 0 Å². The lowest BCUT2D eigenvalue weighted by Crippen LogP contribution is -2.61. The summed E-state index contributed by atoms with van der Waals surface area (Å²) >= 11 is 0. The third-order valence-electron chi connectivity index (χ3n) is 5.21. The Morgan fingerprint density at radius 2 is 1.16 bits per heavy atom. The van der Waals surface area contributed by atoms with Gasteiger partial charge >= 0.3 is 0 Å². The minimum atomic E-state index is -0.905. The molecule has 1 fully saturated rings. The molecule has 25 heavy (non-hydrogen) atoms. The monoisotopic (exact) mass is 355 g/mol. The maximum atomic E-state index is 10.2. The molecular formula is C22H45NO2. The standard InChI is InChI=1S/C16H32O2.C6H13N/c1-2-3-4-5-6-7-8-9-10-11-12-13-14-15-16(17)18;7-6-4-2-1-3-5-6/h2-15H2,1H3,(H,17,18);6H,1-5,7H2. The summed E-state index contributed by atoms with van der Waals surface area (Å²) in [6.45, 7) is 2.26. The molecule has 1 rings (SSSR count). The van der Waals surface area contributed by atoms with Gasteiger partial charge < -0.3 is 15.6 Å². The van der Waals surface area contributed by atoms with E-state index in [1.807, 2.05) is 0 Å². The van der Waals surface area contributed by atoms with Gasteiger partial charge in [0.05, 0.1) is 6.04 Å². The third-order valence-corrected chi connectivity index (χ3v) is 5.21. The average molecular weight is 356 g/mol. The Balaban J connectivity index is 0.000000676. The van der Waals surface area contributed by atoms with Crippen LogP contribution in [-0.2, 0) is 4.79 Å². The van der Waals surface area contributed by atoms with E-state index in [-0.39, 0.29) is 6.42 Å². The molecule has 0 aromatic rings. The highest BCUT2D eigenvalue weighted by molar-refractivity contribution is 5.63. The van der Waals surface area contributed by atoms with E-state index < -0.39 is 5.97 Å². The van der Waals surface area contributed by atoms with Crippen LogP contribution in [0.25, 0.3) is 0 Å². The van der Waals surface area contributed by atoms with Crippen LogP contribution in [-0.4, -0.2) is 12.0 Å². The van der Waals surface area contributed by atoms with Crippen molar-refractivity contribution in [3.05, 3.63) is 0 Å². The van der Waals surface area contributed by atoms with Crippen LogP contribution in [0.5, 0.6) is 0 Å². The van der Waals surface area contributed by atoms with Gasteiger partial charge in [-0.2, -0.15) is 0 Å². The first-order chi connectivity index (χ1) is 12.2. The largest absolute Gasteiger partial charge is 0.550 e. The summed E-state index contributed by atoms with van der Waals surface area (Å²) in [5.41, 5.74) is 4.00. The van der Waals surface area contributed by atoms with Gasteiger partial charge in [-0.3, -0.25) is 0 Å². The van der Waals surface area contributed by atoms with Crippen molar-refractivity contribution in [1.29, 1.82) is 0 Å². The molecule has 0 aromatic heterocycles. The van der Waals surface area contributed by atoms with Crippen LogP contribution in [0.3, 0.4) is 0 Å². The molecule has 3 N–H and O–H groups in total. The molecule has 0 spiro atoms. The van der Waals surface area contributed by atoms with Crippen LogP contribution in [0.4, 0.5) is 0 Å². The average Bonchev–Trinajstić information content (AvgIpc) is 2.60. The van der Waals surface area contributed by atoms with E-state index in [2.05, 4.69) is 12.7 Å². The molecule has 0 aromatic carbocycles. The number of carboxylic acid groups (broad SMARTS) is 1. The molecule has 3 nitrogen and oxygen atoms in total. The first-order valence-corrected chi connectivity index (χ1v) is 11.2. The molecule has 0 aliphatic heterocycles. The van der Waals surface area contributed by atoms with Gasteiger partial charge in [-0.15, -0.1) is 0 Å². The maximum Gasteiger partial charge on any atom is 0.0843 e. The molecule has 1 aliphatic rings. The Morgan fingerprint density at radius 1 is 0.760 bits per heavy atom. The highest BCUT2D eigenvalue weighted by Gasteiger charge is 2.09. The summed E-state index contributed by atoms with van der Waals surface area (Å²) in [4.78, 5) is 10.2. The number of carboxylic acids is 1. The Bertz CT molecular complexity index is 275. The van der Waals surface area contributed by atoms with Crippen LogP contribution in [0.2, 0.25) is 0 Å². The van der Waals surface area contributed by atoms with E-state index in [0.29, 0.717) is 0 Å². The SMILES string of the molecule is CCCCCCCCCCCCCCCC(=O)[O-].[NH3+]C1CCCCC1. The van der Waals surface area contributed by atoms with E-state index in [4.69, 9.17) is 0 Å². The molecule has 1 aliphatic carbocycles. The minimum Gasteiger partial charge on any atom is -0.550 e. The topological polar surface area (TPSA) is 67.8 Å². The molecular weight excluding hydrogens is 310 g/mol. The van der Waals surface area contributed by atoms with Gasteiger partial charge in [0.2, 0.25) is 0 Å². The molecule has 3 heteroatoms. The van der Waals surface area contributed by atoms with Crippen LogP contribution in [0.1, 0.15) is 129 Å². The minimum absolute atomic E-state index is 0.234. The van der Waals surface area contributed by atoms with Crippen molar-refractivity contribution in [3.8, 4) is 0 Å². The zero-order chi connectivity index (χ0) is 18.6. The second kappa shape index (κ2) is 19.8. The number of aliphatic carboxylic acids is 1. The first-order valence-electron chi connectivity index (χ1n) is 11.2. The fourth-order valence-corrected chi connectivity index (χ4v) is 3.47. The summed E-state index contributed by atoms with van der Waals surface area (Å²) in [6, 6.07) is 0.786. The molecule has 0 radical (unpaired) electrons. The van der Waals surface area contributed by atoms with E-state index in [1.54, 1.807) is 0 Å². The molecule has 0 amide bonds. The van der Waals surface area contributed by atoms with Crippen LogP contribution in [0.15, 0.2) is 0 Å². The van der Waals surface area contributed by atoms with Gasteiger partial charge in [0, 0.05) is 5.97 Å². The van der Waals surface area contributed by atoms with Crippen molar-refractivity contribution in [3.63, 3.8) is 0 Å². The number of carbonyl (C=O) groups excluding carboxylic acids is 1. The van der Waals surface area contributed by atoms with Crippen LogP contribution >= 0.6 is 0 Å². The number of hydrogen-bond acceptors (Lipinski definition) is 2. The predicted molar refractivity (Wildman–Crippen MR) is 105 cm³/mol. The number of quaternary nitrogens is 1. The van der Waals surface area contributed by atoms with Crippen LogP contribution < -0.4 is 10.8 Å². The summed E-state index contributed by atoms with van der Waals surface area (Å²) in [5.74, 6) is -0.905. The second-order valence-electron chi connectivity index (χ2n) is 7.87. The smallest absolute Gasteiger partial charge is 0.0843 e. The van der Waals surface area contributed by atoms with E-state index in [1.165, 1.54) is 103 Å². The van der Waals surface area contributed by atoms with E-state index in [0.717, 1.165) is 18.9 Å². The van der Waals surface area contributed by atoms with Gasteiger partial charge in [0.25, 0.3) is 0 Å². The lowest BCUT2D eigenvalue weighted by Gasteiger charge is -2.12. The molecule has 1 saturated carbocycles. The summed E-state index contributed by atoms with van der Waals surface area (Å²) in [7, 11) is 0. The highest BCUT2D eigenvalue weighted by Crippen LogP contribution is 2.14. The van der Waals surface area contributed by atoms with Crippen molar-refractivity contribution >= 4 is 5.97 Å². The summed E-state index contributed by atoms with van der Waals surface area (Å²) in [5, 5.41) is 10.2. The van der Waals surface area contributed by atoms with Crippen molar-refractivity contribution in [2.75, 3.05) is 0 Å². The molecule has 150 valence electrons. The van der Waals surface area contributed by atoms with Gasteiger partial charge in [0.15, 0.2) is 0 Å². The summed E-state index contributed by atoms with van der Waals surface area (Å²) in [6.07, 6.45) is 24.0. The summed E-state index contributed by atoms with van der Waals surface area (Å²) < 4.78 is 0. The van der Waals surface area contributed by atoms with Gasteiger partial charge in [-0.1, -0.05) is 90.4 Å².